The third kappa shape index (κ3) is 7.34. The van der Waals surface area contributed by atoms with E-state index in [1.807, 2.05) is 0 Å². The predicted molar refractivity (Wildman–Crippen MR) is 42.5 cm³/mol. The Morgan fingerprint density at radius 3 is 2.60 bits per heavy atom. The van der Waals surface area contributed by atoms with Gasteiger partial charge >= 0.3 is 0 Å². The molecule has 0 aromatic rings. The van der Waals surface area contributed by atoms with Crippen LogP contribution >= 0.6 is 0 Å². The number of nitrogens with one attached hydrogen (secondary N) is 1. The normalized spacial score (nSPS) is 9.30. The lowest BCUT2D eigenvalue weighted by Crippen LogP contribution is -1.88. The number of hydrogen-bond donors (Lipinski definition) is 1. The summed E-state index contributed by atoms with van der Waals surface area (Å²) in [6.07, 6.45) is 6.11. The van der Waals surface area contributed by atoms with Crippen molar-refractivity contribution in [2.24, 2.45) is 0 Å². The summed E-state index contributed by atoms with van der Waals surface area (Å²) in [5, 5.41) is 6.73. The zero-order valence-corrected chi connectivity index (χ0v) is 6.52. The van der Waals surface area contributed by atoms with Crippen molar-refractivity contribution < 1.29 is 4.79 Å². The lowest BCUT2D eigenvalue weighted by atomic mass is 10.1. The Morgan fingerprint density at radius 1 is 1.40 bits per heavy atom. The molecule has 0 radical (unpaired) electrons. The Balaban J connectivity index is 2.90. The third-order valence-corrected chi connectivity index (χ3v) is 1.38. The largest absolute Gasteiger partial charge is 0.313 e. The molecule has 0 fully saturated rings. The number of carbonyl (C=O) groups is 1. The second kappa shape index (κ2) is 6.46. The van der Waals surface area contributed by atoms with Gasteiger partial charge in [0.15, 0.2) is 0 Å². The molecule has 0 aromatic carbocycles. The molecular weight excluding hydrogens is 126 g/mol. The maximum atomic E-state index is 10.4. The zero-order valence-electron chi connectivity index (χ0n) is 6.52. The zero-order chi connectivity index (χ0) is 7.82. The van der Waals surface area contributed by atoms with Crippen LogP contribution < -0.4 is 0 Å². The molecule has 2 nitrogen and oxygen atoms in total. The molecule has 0 aliphatic carbocycles. The van der Waals surface area contributed by atoms with Crippen molar-refractivity contribution in [1.82, 2.24) is 0 Å². The molecule has 0 saturated carbocycles. The summed E-state index contributed by atoms with van der Waals surface area (Å²) in [6, 6.07) is 0. The molecule has 0 rings (SSSR count). The molecule has 10 heavy (non-hydrogen) atoms. The first kappa shape index (κ1) is 9.34. The Hall–Kier alpha value is -0.660. The number of hydrogen-bond acceptors (Lipinski definition) is 2. The Labute approximate surface area is 62.1 Å². The fraction of sp³-hybridized carbons (Fsp3) is 0.750. The first-order valence-corrected chi connectivity index (χ1v) is 3.75. The maximum absolute atomic E-state index is 10.4. The highest BCUT2D eigenvalue weighted by atomic mass is 16.1. The van der Waals surface area contributed by atoms with Crippen LogP contribution in [0, 0.1) is 5.41 Å². The van der Waals surface area contributed by atoms with Gasteiger partial charge in [-0.25, -0.2) is 0 Å². The average Bonchev–Trinajstić information content (AvgIpc) is 1.87. The van der Waals surface area contributed by atoms with Crippen LogP contribution in [0.2, 0.25) is 0 Å². The van der Waals surface area contributed by atoms with E-state index in [-0.39, 0.29) is 5.78 Å². The minimum absolute atomic E-state index is 0.273. The van der Waals surface area contributed by atoms with Gasteiger partial charge in [0.1, 0.15) is 5.78 Å². The Kier molecular flexibility index (Phi) is 6.03. The highest BCUT2D eigenvalue weighted by Crippen LogP contribution is 2.01. The molecule has 0 amide bonds. The highest BCUT2D eigenvalue weighted by molar-refractivity contribution is 5.75. The first-order chi connectivity index (χ1) is 4.77. The monoisotopic (exact) mass is 141 g/mol. The molecule has 1 N–H and O–H groups in total. The minimum Gasteiger partial charge on any atom is -0.313 e. The van der Waals surface area contributed by atoms with Crippen molar-refractivity contribution in [3.05, 3.63) is 0 Å². The second-order valence-corrected chi connectivity index (χ2v) is 2.51. The van der Waals surface area contributed by atoms with Gasteiger partial charge in [0, 0.05) is 6.42 Å². The van der Waals surface area contributed by atoms with Gasteiger partial charge in [-0.3, -0.25) is 0 Å². The van der Waals surface area contributed by atoms with Crippen LogP contribution in [0.4, 0.5) is 0 Å². The third-order valence-electron chi connectivity index (χ3n) is 1.38. The number of carbonyl (C=O) groups excluding carboxylic acids is 1. The molecule has 0 spiro atoms. The van der Waals surface area contributed by atoms with Crippen LogP contribution in [-0.4, -0.2) is 12.0 Å². The van der Waals surface area contributed by atoms with E-state index in [9.17, 15) is 4.79 Å². The molecule has 0 unspecified atom stereocenters. The van der Waals surface area contributed by atoms with Crippen molar-refractivity contribution in [1.29, 1.82) is 5.41 Å². The molecule has 58 valence electrons. The van der Waals surface area contributed by atoms with E-state index in [2.05, 4.69) is 0 Å². The van der Waals surface area contributed by atoms with E-state index in [4.69, 9.17) is 5.41 Å². The van der Waals surface area contributed by atoms with E-state index < -0.39 is 0 Å². The minimum atomic E-state index is 0.273. The SMILES string of the molecule is CC(=O)CCCCCC=N. The smallest absolute Gasteiger partial charge is 0.129 e. The summed E-state index contributed by atoms with van der Waals surface area (Å²) in [5.41, 5.74) is 0. The molecule has 0 heterocycles. The van der Waals surface area contributed by atoms with Gasteiger partial charge in [-0.2, -0.15) is 0 Å². The molecule has 0 aliphatic heterocycles. The van der Waals surface area contributed by atoms with Gasteiger partial charge in [-0.1, -0.05) is 6.42 Å². The summed E-state index contributed by atoms with van der Waals surface area (Å²) in [7, 11) is 0. The molecule has 0 atom stereocenters. The van der Waals surface area contributed by atoms with Crippen molar-refractivity contribution >= 4 is 12.0 Å². The summed E-state index contributed by atoms with van der Waals surface area (Å²) in [6.45, 7) is 1.62. The van der Waals surface area contributed by atoms with Crippen molar-refractivity contribution in [3.63, 3.8) is 0 Å². The van der Waals surface area contributed by atoms with Gasteiger partial charge in [-0.15, -0.1) is 0 Å². The van der Waals surface area contributed by atoms with E-state index in [0.29, 0.717) is 6.42 Å². The van der Waals surface area contributed by atoms with Gasteiger partial charge in [0.05, 0.1) is 0 Å². The average molecular weight is 141 g/mol. The lowest BCUT2D eigenvalue weighted by Gasteiger charge is -1.94. The van der Waals surface area contributed by atoms with Gasteiger partial charge in [0.25, 0.3) is 0 Å². The van der Waals surface area contributed by atoms with E-state index >= 15 is 0 Å². The molecule has 0 bridgehead atoms. The number of rotatable bonds is 6. The fourth-order valence-corrected chi connectivity index (χ4v) is 0.797. The van der Waals surface area contributed by atoms with Crippen molar-refractivity contribution in [2.75, 3.05) is 0 Å². The quantitative estimate of drug-likeness (QED) is 0.447. The molecule has 0 saturated heterocycles. The Morgan fingerprint density at radius 2 is 2.10 bits per heavy atom. The van der Waals surface area contributed by atoms with Gasteiger partial charge in [0.2, 0.25) is 0 Å². The van der Waals surface area contributed by atoms with E-state index in [1.54, 1.807) is 6.92 Å². The summed E-state index contributed by atoms with van der Waals surface area (Å²) >= 11 is 0. The van der Waals surface area contributed by atoms with Crippen LogP contribution in [0.15, 0.2) is 0 Å². The summed E-state index contributed by atoms with van der Waals surface area (Å²) in [5.74, 6) is 0.273. The number of ketones is 1. The highest BCUT2D eigenvalue weighted by Gasteiger charge is 1.91. The van der Waals surface area contributed by atoms with Crippen molar-refractivity contribution in [3.8, 4) is 0 Å². The van der Waals surface area contributed by atoms with E-state index in [0.717, 1.165) is 25.7 Å². The number of unbranched alkanes of at least 4 members (excludes halogenated alkanes) is 3. The van der Waals surface area contributed by atoms with Crippen LogP contribution in [0.1, 0.15) is 39.0 Å². The van der Waals surface area contributed by atoms with Crippen LogP contribution in [-0.2, 0) is 4.79 Å². The Bertz CT molecular complexity index is 110. The standard InChI is InChI=1S/C8H15NO/c1-8(10)6-4-2-3-5-7-9/h7,9H,2-6H2,1H3. The van der Waals surface area contributed by atoms with Gasteiger partial charge in [-0.05, 0) is 32.4 Å². The second-order valence-electron chi connectivity index (χ2n) is 2.51. The van der Waals surface area contributed by atoms with Crippen molar-refractivity contribution in [2.45, 2.75) is 39.0 Å². The topological polar surface area (TPSA) is 40.9 Å². The summed E-state index contributed by atoms with van der Waals surface area (Å²) in [4.78, 5) is 10.4. The molecule has 0 aromatic heterocycles. The fourth-order valence-electron chi connectivity index (χ4n) is 0.797. The molecule has 2 heteroatoms. The number of Topliss-reactive ketones (excluding diaryl/α,β-unsaturated/α-hetero) is 1. The summed E-state index contributed by atoms with van der Waals surface area (Å²) < 4.78 is 0. The first-order valence-electron chi connectivity index (χ1n) is 3.75. The van der Waals surface area contributed by atoms with E-state index in [1.165, 1.54) is 6.21 Å². The van der Waals surface area contributed by atoms with Crippen LogP contribution in [0.5, 0.6) is 0 Å². The van der Waals surface area contributed by atoms with Crippen LogP contribution in [0.3, 0.4) is 0 Å². The van der Waals surface area contributed by atoms with Crippen LogP contribution in [0.25, 0.3) is 0 Å². The molecular formula is C8H15NO. The predicted octanol–water partition coefficient (Wildman–Crippen LogP) is 2.18. The molecule has 0 aliphatic rings. The van der Waals surface area contributed by atoms with Gasteiger partial charge < -0.3 is 10.2 Å². The lowest BCUT2D eigenvalue weighted by molar-refractivity contribution is -0.117. The maximum Gasteiger partial charge on any atom is 0.129 e.